The molecule has 2 aromatic carbocycles. The van der Waals surface area contributed by atoms with E-state index in [1.54, 1.807) is 12.3 Å². The second-order valence-corrected chi connectivity index (χ2v) is 5.59. The molecule has 0 saturated heterocycles. The zero-order valence-electron chi connectivity index (χ0n) is 13.5. The maximum Gasteiger partial charge on any atom is 0.128 e. The van der Waals surface area contributed by atoms with E-state index in [0.717, 1.165) is 30.5 Å². The highest BCUT2D eigenvalue weighted by atomic mass is 16.3. The van der Waals surface area contributed by atoms with Crippen LogP contribution >= 0.6 is 0 Å². The van der Waals surface area contributed by atoms with Gasteiger partial charge in [0.05, 0.1) is 11.9 Å². The minimum atomic E-state index is 0.0263. The highest BCUT2D eigenvalue weighted by molar-refractivity contribution is 5.84. The molecule has 122 valence electrons. The number of phenolic OH excluding ortho intramolecular Hbond substituents is 2. The van der Waals surface area contributed by atoms with Gasteiger partial charge >= 0.3 is 0 Å². The van der Waals surface area contributed by atoms with Gasteiger partial charge in [0.1, 0.15) is 11.5 Å². The summed E-state index contributed by atoms with van der Waals surface area (Å²) in [6, 6.07) is 12.8. The summed E-state index contributed by atoms with van der Waals surface area (Å²) >= 11 is 0. The minimum absolute atomic E-state index is 0.0263. The summed E-state index contributed by atoms with van der Waals surface area (Å²) in [6.07, 6.45) is 6.94. The first kappa shape index (κ1) is 16.9. The van der Waals surface area contributed by atoms with Gasteiger partial charge in [0.25, 0.3) is 0 Å². The van der Waals surface area contributed by atoms with Crippen LogP contribution in [0.2, 0.25) is 0 Å². The Labute approximate surface area is 137 Å². The number of rotatable bonds is 8. The average Bonchev–Trinajstić information content (AvgIpc) is 2.56. The van der Waals surface area contributed by atoms with Crippen molar-refractivity contribution >= 4 is 11.9 Å². The molecule has 0 amide bonds. The number of para-hydroxylation sites is 1. The van der Waals surface area contributed by atoms with E-state index in [-0.39, 0.29) is 11.5 Å². The molecule has 0 fully saturated rings. The smallest absolute Gasteiger partial charge is 0.128 e. The predicted molar refractivity (Wildman–Crippen MR) is 95.3 cm³/mol. The molecule has 4 nitrogen and oxygen atoms in total. The predicted octanol–water partition coefficient (Wildman–Crippen LogP) is 4.67. The minimum Gasteiger partial charge on any atom is -0.508 e. The van der Waals surface area contributed by atoms with Crippen molar-refractivity contribution in [3.63, 3.8) is 0 Å². The third kappa shape index (κ3) is 5.33. The Hall–Kier alpha value is -2.49. The monoisotopic (exact) mass is 312 g/mol. The van der Waals surface area contributed by atoms with E-state index >= 15 is 0 Å². The largest absolute Gasteiger partial charge is 0.508 e. The Bertz CT molecular complexity index is 639. The van der Waals surface area contributed by atoms with Crippen molar-refractivity contribution in [3.8, 4) is 11.5 Å². The molecule has 4 heteroatoms. The van der Waals surface area contributed by atoms with Crippen molar-refractivity contribution in [2.45, 2.75) is 39.0 Å². The first-order chi connectivity index (χ1) is 11.2. The molecule has 0 aliphatic carbocycles. The van der Waals surface area contributed by atoms with Crippen molar-refractivity contribution in [1.82, 2.24) is 0 Å². The number of benzene rings is 2. The highest BCUT2D eigenvalue weighted by Gasteiger charge is 2.07. The normalized spacial score (nSPS) is 11.0. The molecule has 0 spiro atoms. The second-order valence-electron chi connectivity index (χ2n) is 5.59. The molecule has 23 heavy (non-hydrogen) atoms. The fourth-order valence-electron chi connectivity index (χ4n) is 2.38. The number of nitrogens with zero attached hydrogens (tertiary/aromatic N) is 1. The fourth-order valence-corrected chi connectivity index (χ4v) is 2.38. The van der Waals surface area contributed by atoms with Crippen molar-refractivity contribution in [2.75, 3.05) is 5.43 Å². The molecule has 0 bridgehead atoms. The van der Waals surface area contributed by atoms with Gasteiger partial charge in [-0.1, -0.05) is 44.4 Å². The molecule has 0 unspecified atom stereocenters. The fraction of sp³-hybridized carbons (Fsp3) is 0.316. The van der Waals surface area contributed by atoms with E-state index in [0.29, 0.717) is 5.56 Å². The topological polar surface area (TPSA) is 64.9 Å². The zero-order valence-corrected chi connectivity index (χ0v) is 13.5. The van der Waals surface area contributed by atoms with Gasteiger partial charge in [0, 0.05) is 11.6 Å². The quantitative estimate of drug-likeness (QED) is 0.377. The van der Waals surface area contributed by atoms with Crippen LogP contribution in [0.3, 0.4) is 0 Å². The molecule has 2 rings (SSSR count). The lowest BCUT2D eigenvalue weighted by Crippen LogP contribution is -1.94. The van der Waals surface area contributed by atoms with Crippen molar-refractivity contribution in [3.05, 3.63) is 53.6 Å². The van der Waals surface area contributed by atoms with Gasteiger partial charge < -0.3 is 10.2 Å². The number of hydrazone groups is 1. The Morgan fingerprint density at radius 3 is 2.52 bits per heavy atom. The summed E-state index contributed by atoms with van der Waals surface area (Å²) in [5.41, 5.74) is 5.23. The van der Waals surface area contributed by atoms with Gasteiger partial charge in [-0.25, -0.2) is 0 Å². The highest BCUT2D eigenvalue weighted by Crippen LogP contribution is 2.27. The van der Waals surface area contributed by atoms with Gasteiger partial charge in [-0.15, -0.1) is 0 Å². The van der Waals surface area contributed by atoms with E-state index in [1.165, 1.54) is 18.9 Å². The maximum absolute atomic E-state index is 9.96. The summed E-state index contributed by atoms with van der Waals surface area (Å²) in [5.74, 6) is 0.172. The molecule has 0 saturated carbocycles. The lowest BCUT2D eigenvalue weighted by Gasteiger charge is -2.08. The van der Waals surface area contributed by atoms with Gasteiger partial charge in [-0.3, -0.25) is 5.43 Å². The molecule has 0 aliphatic rings. The van der Waals surface area contributed by atoms with Crippen LogP contribution in [0.4, 0.5) is 5.69 Å². The van der Waals surface area contributed by atoms with Gasteiger partial charge in [0.15, 0.2) is 0 Å². The SMILES string of the molecule is CCCCCCc1cc(/C=N\Nc2ccccc2)c(O)cc1O. The first-order valence-electron chi connectivity index (χ1n) is 8.09. The molecular formula is C19H24N2O2. The van der Waals surface area contributed by atoms with E-state index in [1.807, 2.05) is 30.3 Å². The molecule has 3 N–H and O–H groups in total. The molecule has 0 radical (unpaired) electrons. The third-order valence-corrected chi connectivity index (χ3v) is 3.70. The van der Waals surface area contributed by atoms with Crippen LogP contribution in [0.25, 0.3) is 0 Å². The second kappa shape index (κ2) is 8.83. The number of aromatic hydroxyl groups is 2. The van der Waals surface area contributed by atoms with Crippen LogP contribution in [0.1, 0.15) is 43.7 Å². The molecule has 0 heterocycles. The zero-order chi connectivity index (χ0) is 16.5. The van der Waals surface area contributed by atoms with Gasteiger partial charge in [0.2, 0.25) is 0 Å². The number of aryl methyl sites for hydroxylation is 1. The van der Waals surface area contributed by atoms with Gasteiger partial charge in [-0.05, 0) is 36.6 Å². The lowest BCUT2D eigenvalue weighted by atomic mass is 10.0. The van der Waals surface area contributed by atoms with E-state index < -0.39 is 0 Å². The van der Waals surface area contributed by atoms with Crippen molar-refractivity contribution in [1.29, 1.82) is 0 Å². The first-order valence-corrected chi connectivity index (χ1v) is 8.09. The van der Waals surface area contributed by atoms with E-state index in [9.17, 15) is 10.2 Å². The number of phenols is 2. The number of hydrogen-bond donors (Lipinski definition) is 3. The third-order valence-electron chi connectivity index (χ3n) is 3.70. The number of nitrogens with one attached hydrogen (secondary N) is 1. The van der Waals surface area contributed by atoms with Gasteiger partial charge in [-0.2, -0.15) is 5.10 Å². The van der Waals surface area contributed by atoms with Crippen LogP contribution in [0.15, 0.2) is 47.6 Å². The molecule has 0 aromatic heterocycles. The number of hydrogen-bond acceptors (Lipinski definition) is 4. The van der Waals surface area contributed by atoms with Crippen LogP contribution < -0.4 is 5.43 Å². The summed E-state index contributed by atoms with van der Waals surface area (Å²) in [7, 11) is 0. The summed E-state index contributed by atoms with van der Waals surface area (Å²) in [4.78, 5) is 0. The average molecular weight is 312 g/mol. The van der Waals surface area contributed by atoms with Crippen molar-refractivity contribution < 1.29 is 10.2 Å². The number of unbranched alkanes of at least 4 members (excludes halogenated alkanes) is 3. The summed E-state index contributed by atoms with van der Waals surface area (Å²) in [5, 5.41) is 24.0. The molecular weight excluding hydrogens is 288 g/mol. The van der Waals surface area contributed by atoms with Crippen LogP contribution in [0, 0.1) is 0 Å². The van der Waals surface area contributed by atoms with E-state index in [4.69, 9.17) is 0 Å². The Morgan fingerprint density at radius 1 is 1.00 bits per heavy atom. The summed E-state index contributed by atoms with van der Waals surface area (Å²) < 4.78 is 0. The molecule has 0 atom stereocenters. The summed E-state index contributed by atoms with van der Waals surface area (Å²) in [6.45, 7) is 2.17. The van der Waals surface area contributed by atoms with Crippen molar-refractivity contribution in [2.24, 2.45) is 5.10 Å². The Kier molecular flexibility index (Phi) is 6.48. The van der Waals surface area contributed by atoms with E-state index in [2.05, 4.69) is 17.5 Å². The Morgan fingerprint density at radius 2 is 1.78 bits per heavy atom. The van der Waals surface area contributed by atoms with Crippen LogP contribution in [-0.4, -0.2) is 16.4 Å². The maximum atomic E-state index is 9.96. The number of anilines is 1. The standard InChI is InChI=1S/C19H24N2O2/c1-2-3-4-6-9-15-12-16(19(23)13-18(15)22)14-20-21-17-10-7-5-8-11-17/h5,7-8,10-14,21-23H,2-4,6,9H2,1H3/b20-14-. The molecule has 2 aromatic rings. The lowest BCUT2D eigenvalue weighted by molar-refractivity contribution is 0.444. The van der Waals surface area contributed by atoms with Crippen LogP contribution in [0.5, 0.6) is 11.5 Å². The Balaban J connectivity index is 2.02. The molecule has 0 aliphatic heterocycles. The van der Waals surface area contributed by atoms with Crippen LogP contribution in [-0.2, 0) is 6.42 Å².